The van der Waals surface area contributed by atoms with Gasteiger partial charge in [-0.1, -0.05) is 44.2 Å². The fourth-order valence-electron chi connectivity index (χ4n) is 3.46. The number of hydrogen-bond acceptors (Lipinski definition) is 3. The number of likely N-dealkylation sites (tertiary alicyclic amines) is 1. The number of rotatable bonds is 6. The summed E-state index contributed by atoms with van der Waals surface area (Å²) in [5, 5.41) is 9.26. The van der Waals surface area contributed by atoms with Crippen LogP contribution in [-0.4, -0.2) is 52.6 Å². The molecule has 1 aliphatic rings. The maximum atomic E-state index is 13.4. The number of para-hydroxylation sites is 2. The molecule has 0 unspecified atom stereocenters. The number of carbonyl (C=O) groups excluding carboxylic acids is 1. The van der Waals surface area contributed by atoms with E-state index >= 15 is 0 Å². The lowest BCUT2D eigenvalue weighted by Gasteiger charge is -2.31. The van der Waals surface area contributed by atoms with Gasteiger partial charge in [-0.2, -0.15) is 0 Å². The molecule has 1 N–H and O–H groups in total. The van der Waals surface area contributed by atoms with E-state index in [1.165, 1.54) is 4.90 Å². The molecule has 0 spiro atoms. The number of nitrogens with zero attached hydrogens (tertiary/aromatic N) is 2. The van der Waals surface area contributed by atoms with Crippen molar-refractivity contribution in [3.05, 3.63) is 60.2 Å². The summed E-state index contributed by atoms with van der Waals surface area (Å²) in [6.07, 6.45) is -0.292. The van der Waals surface area contributed by atoms with Crippen LogP contribution in [0.5, 0.6) is 11.5 Å². The zero-order chi connectivity index (χ0) is 20.1. The molecular formula is C22H26N2O4. The van der Waals surface area contributed by atoms with E-state index in [9.17, 15) is 14.7 Å². The van der Waals surface area contributed by atoms with Gasteiger partial charge in [0.2, 0.25) is 0 Å². The molecule has 1 aliphatic heterocycles. The lowest BCUT2D eigenvalue weighted by Crippen LogP contribution is -2.44. The minimum Gasteiger partial charge on any atom is -0.465 e. The van der Waals surface area contributed by atoms with Crippen LogP contribution in [0.25, 0.3) is 0 Å². The molecule has 0 aliphatic carbocycles. The van der Waals surface area contributed by atoms with Crippen molar-refractivity contribution in [2.24, 2.45) is 5.92 Å². The summed E-state index contributed by atoms with van der Waals surface area (Å²) in [7, 11) is 0. The number of ether oxygens (including phenoxy) is 1. The van der Waals surface area contributed by atoms with Gasteiger partial charge in [-0.15, -0.1) is 0 Å². The lowest BCUT2D eigenvalue weighted by atomic mass is 10.1. The molecule has 1 atom stereocenters. The van der Waals surface area contributed by atoms with E-state index in [0.717, 1.165) is 0 Å². The van der Waals surface area contributed by atoms with Gasteiger partial charge < -0.3 is 19.6 Å². The first-order valence-electron chi connectivity index (χ1n) is 9.56. The van der Waals surface area contributed by atoms with E-state index in [1.807, 2.05) is 42.5 Å². The molecule has 2 amide bonds. The van der Waals surface area contributed by atoms with Gasteiger partial charge in [0.15, 0.2) is 0 Å². The maximum Gasteiger partial charge on any atom is 0.407 e. The third-order valence-corrected chi connectivity index (χ3v) is 4.79. The summed E-state index contributed by atoms with van der Waals surface area (Å²) >= 11 is 0. The smallest absolute Gasteiger partial charge is 0.407 e. The molecular weight excluding hydrogens is 356 g/mol. The minimum atomic E-state index is -0.938. The molecule has 3 rings (SSSR count). The van der Waals surface area contributed by atoms with Gasteiger partial charge in [-0.05, 0) is 36.6 Å². The normalized spacial score (nSPS) is 16.2. The van der Waals surface area contributed by atoms with Crippen molar-refractivity contribution in [1.29, 1.82) is 0 Å². The predicted octanol–water partition coefficient (Wildman–Crippen LogP) is 4.33. The SMILES string of the molecule is CC(C)CN(C(=O)c1ccccc1Oc1ccccc1)[C@H]1CCN(C(=O)O)C1. The van der Waals surface area contributed by atoms with E-state index in [-0.39, 0.29) is 17.9 Å². The third kappa shape index (κ3) is 4.63. The second-order valence-corrected chi connectivity index (χ2v) is 7.43. The number of carbonyl (C=O) groups is 2. The Morgan fingerprint density at radius 3 is 2.46 bits per heavy atom. The Bertz CT molecular complexity index is 822. The summed E-state index contributed by atoms with van der Waals surface area (Å²) in [6, 6.07) is 16.4. The van der Waals surface area contributed by atoms with E-state index in [2.05, 4.69) is 13.8 Å². The molecule has 2 aromatic carbocycles. The van der Waals surface area contributed by atoms with Crippen LogP contribution in [0.3, 0.4) is 0 Å². The third-order valence-electron chi connectivity index (χ3n) is 4.79. The molecule has 28 heavy (non-hydrogen) atoms. The van der Waals surface area contributed by atoms with Gasteiger partial charge in [0, 0.05) is 19.6 Å². The van der Waals surface area contributed by atoms with Crippen molar-refractivity contribution >= 4 is 12.0 Å². The average Bonchev–Trinajstić information content (AvgIpc) is 3.17. The molecule has 1 heterocycles. The zero-order valence-corrected chi connectivity index (χ0v) is 16.2. The minimum absolute atomic E-state index is 0.127. The van der Waals surface area contributed by atoms with Crippen molar-refractivity contribution in [3.63, 3.8) is 0 Å². The van der Waals surface area contributed by atoms with E-state index in [4.69, 9.17) is 4.74 Å². The highest BCUT2D eigenvalue weighted by molar-refractivity contribution is 5.97. The first-order valence-corrected chi connectivity index (χ1v) is 9.56. The number of hydrogen-bond donors (Lipinski definition) is 1. The Labute approximate surface area is 165 Å². The number of benzene rings is 2. The second-order valence-electron chi connectivity index (χ2n) is 7.43. The van der Waals surface area contributed by atoms with Crippen LogP contribution in [0, 0.1) is 5.92 Å². The predicted molar refractivity (Wildman–Crippen MR) is 107 cm³/mol. The molecule has 0 aromatic heterocycles. The van der Waals surface area contributed by atoms with Crippen molar-refractivity contribution in [1.82, 2.24) is 9.80 Å². The number of carboxylic acid groups (broad SMARTS) is 1. The highest BCUT2D eigenvalue weighted by Gasteiger charge is 2.34. The highest BCUT2D eigenvalue weighted by Crippen LogP contribution is 2.28. The van der Waals surface area contributed by atoms with Gasteiger partial charge in [-0.25, -0.2) is 4.79 Å². The summed E-state index contributed by atoms with van der Waals surface area (Å²) in [6.45, 7) is 5.46. The zero-order valence-electron chi connectivity index (χ0n) is 16.2. The van der Waals surface area contributed by atoms with Gasteiger partial charge in [0.25, 0.3) is 5.91 Å². The summed E-state index contributed by atoms with van der Waals surface area (Å²) < 4.78 is 5.96. The number of amides is 2. The highest BCUT2D eigenvalue weighted by atomic mass is 16.5. The van der Waals surface area contributed by atoms with Crippen LogP contribution < -0.4 is 4.74 Å². The molecule has 1 saturated heterocycles. The maximum absolute atomic E-state index is 13.4. The van der Waals surface area contributed by atoms with Crippen LogP contribution in [-0.2, 0) is 0 Å². The van der Waals surface area contributed by atoms with Crippen molar-refractivity contribution in [2.75, 3.05) is 19.6 Å². The van der Waals surface area contributed by atoms with Crippen molar-refractivity contribution in [2.45, 2.75) is 26.3 Å². The summed E-state index contributed by atoms with van der Waals surface area (Å²) in [5.41, 5.74) is 0.487. The van der Waals surface area contributed by atoms with Crippen molar-refractivity contribution in [3.8, 4) is 11.5 Å². The van der Waals surface area contributed by atoms with Gasteiger partial charge >= 0.3 is 6.09 Å². The molecule has 2 aromatic rings. The van der Waals surface area contributed by atoms with E-state index < -0.39 is 6.09 Å². The average molecular weight is 382 g/mol. The molecule has 6 nitrogen and oxygen atoms in total. The van der Waals surface area contributed by atoms with Crippen LogP contribution in [0.4, 0.5) is 4.79 Å². The summed E-state index contributed by atoms with van der Waals surface area (Å²) in [4.78, 5) is 27.9. The first-order chi connectivity index (χ1) is 13.5. The Morgan fingerprint density at radius 1 is 1.14 bits per heavy atom. The lowest BCUT2D eigenvalue weighted by molar-refractivity contribution is 0.0651. The van der Waals surface area contributed by atoms with E-state index in [0.29, 0.717) is 43.1 Å². The van der Waals surface area contributed by atoms with Crippen LogP contribution in [0.2, 0.25) is 0 Å². The Hall–Kier alpha value is -3.02. The topological polar surface area (TPSA) is 70.1 Å². The molecule has 6 heteroatoms. The fourth-order valence-corrected chi connectivity index (χ4v) is 3.46. The van der Waals surface area contributed by atoms with E-state index in [1.54, 1.807) is 17.0 Å². The van der Waals surface area contributed by atoms with Crippen LogP contribution in [0.15, 0.2) is 54.6 Å². The molecule has 0 saturated carbocycles. The Kier molecular flexibility index (Phi) is 6.19. The standard InChI is InChI=1S/C22H26N2O4/c1-16(2)14-24(17-12-13-23(15-17)22(26)27)21(25)19-10-6-7-11-20(19)28-18-8-4-3-5-9-18/h3-11,16-17H,12-15H2,1-2H3,(H,26,27)/t17-/m0/s1. The summed E-state index contributed by atoms with van der Waals surface area (Å²) in [5.74, 6) is 1.30. The monoisotopic (exact) mass is 382 g/mol. The van der Waals surface area contributed by atoms with Gasteiger partial charge in [0.1, 0.15) is 11.5 Å². The molecule has 0 bridgehead atoms. The first kappa shape index (κ1) is 19.7. The second kappa shape index (κ2) is 8.78. The van der Waals surface area contributed by atoms with Crippen LogP contribution >= 0.6 is 0 Å². The Balaban J connectivity index is 1.86. The van der Waals surface area contributed by atoms with Crippen molar-refractivity contribution < 1.29 is 19.4 Å². The quantitative estimate of drug-likeness (QED) is 0.807. The van der Waals surface area contributed by atoms with Crippen LogP contribution in [0.1, 0.15) is 30.6 Å². The fraction of sp³-hybridized carbons (Fsp3) is 0.364. The molecule has 148 valence electrons. The Morgan fingerprint density at radius 2 is 1.82 bits per heavy atom. The largest absolute Gasteiger partial charge is 0.465 e. The van der Waals surface area contributed by atoms with Gasteiger partial charge in [0.05, 0.1) is 11.6 Å². The van der Waals surface area contributed by atoms with Gasteiger partial charge in [-0.3, -0.25) is 4.79 Å². The molecule has 1 fully saturated rings. The molecule has 0 radical (unpaired) electrons.